The Labute approximate surface area is 122 Å². The molecule has 1 rings (SSSR count). The highest BCUT2D eigenvalue weighted by molar-refractivity contribution is 5.95. The lowest BCUT2D eigenvalue weighted by molar-refractivity contribution is 0.0935. The van der Waals surface area contributed by atoms with Crippen molar-refractivity contribution in [2.24, 2.45) is 5.41 Å². The summed E-state index contributed by atoms with van der Waals surface area (Å²) in [6.07, 6.45) is 2.06. The topological polar surface area (TPSA) is 54.0 Å². The zero-order valence-corrected chi connectivity index (χ0v) is 13.3. The molecule has 4 heteroatoms. The van der Waals surface area contributed by atoms with Crippen LogP contribution in [0.2, 0.25) is 0 Å². The highest BCUT2D eigenvalue weighted by atomic mass is 16.1. The van der Waals surface area contributed by atoms with Gasteiger partial charge in [0.25, 0.3) is 5.91 Å². The summed E-state index contributed by atoms with van der Waals surface area (Å²) in [5.41, 5.74) is 1.65. The van der Waals surface area contributed by atoms with E-state index in [2.05, 4.69) is 43.3 Å². The monoisotopic (exact) mass is 277 g/mol. The van der Waals surface area contributed by atoms with Crippen LogP contribution in [0.1, 0.15) is 56.6 Å². The molecule has 2 N–H and O–H groups in total. The van der Waals surface area contributed by atoms with Gasteiger partial charge in [0.2, 0.25) is 0 Å². The minimum Gasteiger partial charge on any atom is -0.370 e. The molecule has 20 heavy (non-hydrogen) atoms. The maximum atomic E-state index is 12.2. The van der Waals surface area contributed by atoms with Gasteiger partial charge in [-0.25, -0.2) is 4.98 Å². The van der Waals surface area contributed by atoms with E-state index in [9.17, 15) is 4.79 Å². The minimum atomic E-state index is -0.0310. The number of nitrogens with zero attached hydrogens (tertiary/aromatic N) is 1. The molecule has 0 saturated carbocycles. The molecule has 1 aromatic heterocycles. The van der Waals surface area contributed by atoms with Crippen molar-refractivity contribution in [2.75, 3.05) is 18.4 Å². The predicted molar refractivity (Wildman–Crippen MR) is 84.2 cm³/mol. The van der Waals surface area contributed by atoms with E-state index in [0.717, 1.165) is 30.9 Å². The number of rotatable bonds is 7. The third kappa shape index (κ3) is 5.19. The molecule has 0 aliphatic carbocycles. The Balaban J connectivity index is 2.74. The molecule has 0 bridgehead atoms. The highest BCUT2D eigenvalue weighted by Gasteiger charge is 2.17. The number of amides is 1. The van der Waals surface area contributed by atoms with Gasteiger partial charge < -0.3 is 10.6 Å². The molecular weight excluding hydrogens is 250 g/mol. The Bertz CT molecular complexity index is 455. The van der Waals surface area contributed by atoms with Gasteiger partial charge in [0.1, 0.15) is 5.82 Å². The van der Waals surface area contributed by atoms with Crippen molar-refractivity contribution in [3.05, 3.63) is 23.4 Å². The summed E-state index contributed by atoms with van der Waals surface area (Å²) in [6.45, 7) is 12.0. The number of anilines is 1. The van der Waals surface area contributed by atoms with Crippen molar-refractivity contribution in [3.63, 3.8) is 0 Å². The van der Waals surface area contributed by atoms with E-state index < -0.39 is 0 Å². The molecule has 0 atom stereocenters. The first-order chi connectivity index (χ1) is 9.38. The highest BCUT2D eigenvalue weighted by Crippen LogP contribution is 2.18. The number of carbonyl (C=O) groups is 1. The van der Waals surface area contributed by atoms with Crippen LogP contribution in [0.25, 0.3) is 0 Å². The van der Waals surface area contributed by atoms with Gasteiger partial charge in [0.15, 0.2) is 0 Å². The van der Waals surface area contributed by atoms with E-state index in [1.807, 2.05) is 19.1 Å². The van der Waals surface area contributed by atoms with E-state index in [1.54, 1.807) is 0 Å². The SMILES string of the molecule is CCCNc1cc(C(=O)NCC(C)(C)CC)cc(C)n1. The fourth-order valence-corrected chi connectivity index (χ4v) is 1.69. The van der Waals surface area contributed by atoms with Crippen LogP contribution in [0.5, 0.6) is 0 Å². The second kappa shape index (κ2) is 7.27. The zero-order chi connectivity index (χ0) is 15.2. The normalized spacial score (nSPS) is 11.2. The fraction of sp³-hybridized carbons (Fsp3) is 0.625. The summed E-state index contributed by atoms with van der Waals surface area (Å²) in [7, 11) is 0. The lowest BCUT2D eigenvalue weighted by Crippen LogP contribution is -2.33. The van der Waals surface area contributed by atoms with Crippen molar-refractivity contribution in [2.45, 2.75) is 47.5 Å². The molecule has 112 valence electrons. The molecule has 0 aliphatic heterocycles. The summed E-state index contributed by atoms with van der Waals surface area (Å²) in [5.74, 6) is 0.739. The fourth-order valence-electron chi connectivity index (χ4n) is 1.69. The lowest BCUT2D eigenvalue weighted by Gasteiger charge is -2.22. The number of hydrogen-bond donors (Lipinski definition) is 2. The maximum absolute atomic E-state index is 12.2. The van der Waals surface area contributed by atoms with Crippen molar-refractivity contribution in [3.8, 4) is 0 Å². The second-order valence-corrected chi connectivity index (χ2v) is 6.01. The molecule has 0 unspecified atom stereocenters. The van der Waals surface area contributed by atoms with Gasteiger partial charge in [-0.05, 0) is 37.3 Å². The average Bonchev–Trinajstić information content (AvgIpc) is 2.42. The standard InChI is InChI=1S/C16H27N3O/c1-6-8-17-14-10-13(9-12(3)19-14)15(20)18-11-16(4,5)7-2/h9-10H,6-8,11H2,1-5H3,(H,17,19)(H,18,20). The van der Waals surface area contributed by atoms with Gasteiger partial charge >= 0.3 is 0 Å². The van der Waals surface area contributed by atoms with Crippen LogP contribution in [0.3, 0.4) is 0 Å². The summed E-state index contributed by atoms with van der Waals surface area (Å²) >= 11 is 0. The number of pyridine rings is 1. The summed E-state index contributed by atoms with van der Waals surface area (Å²) in [6, 6.07) is 3.64. The third-order valence-electron chi connectivity index (χ3n) is 3.46. The van der Waals surface area contributed by atoms with Crippen LogP contribution < -0.4 is 10.6 Å². The number of carbonyl (C=O) groups excluding carboxylic acids is 1. The van der Waals surface area contributed by atoms with Crippen molar-refractivity contribution in [1.29, 1.82) is 0 Å². The molecule has 1 aromatic rings. The second-order valence-electron chi connectivity index (χ2n) is 6.01. The number of aromatic nitrogens is 1. The third-order valence-corrected chi connectivity index (χ3v) is 3.46. The Kier molecular flexibility index (Phi) is 5.99. The van der Waals surface area contributed by atoms with Crippen molar-refractivity contribution < 1.29 is 4.79 Å². The summed E-state index contributed by atoms with van der Waals surface area (Å²) in [4.78, 5) is 16.6. The average molecular weight is 277 g/mol. The smallest absolute Gasteiger partial charge is 0.251 e. The molecule has 0 fully saturated rings. The summed E-state index contributed by atoms with van der Waals surface area (Å²) < 4.78 is 0. The molecule has 0 saturated heterocycles. The number of nitrogens with one attached hydrogen (secondary N) is 2. The quantitative estimate of drug-likeness (QED) is 0.803. The van der Waals surface area contributed by atoms with Gasteiger partial charge in [0.05, 0.1) is 0 Å². The Morgan fingerprint density at radius 1 is 1.30 bits per heavy atom. The van der Waals surface area contributed by atoms with E-state index >= 15 is 0 Å². The molecular formula is C16H27N3O. The van der Waals surface area contributed by atoms with E-state index in [1.165, 1.54) is 0 Å². The molecule has 1 heterocycles. The molecule has 0 aliphatic rings. The maximum Gasteiger partial charge on any atom is 0.251 e. The van der Waals surface area contributed by atoms with Crippen LogP contribution in [0.15, 0.2) is 12.1 Å². The van der Waals surface area contributed by atoms with Crippen LogP contribution in [0.4, 0.5) is 5.82 Å². The minimum absolute atomic E-state index is 0.0310. The van der Waals surface area contributed by atoms with Crippen LogP contribution in [-0.4, -0.2) is 24.0 Å². The van der Waals surface area contributed by atoms with Gasteiger partial charge in [-0.1, -0.05) is 27.7 Å². The number of aryl methyl sites for hydroxylation is 1. The van der Waals surface area contributed by atoms with E-state index in [-0.39, 0.29) is 11.3 Å². The largest absolute Gasteiger partial charge is 0.370 e. The van der Waals surface area contributed by atoms with Gasteiger partial charge in [0, 0.05) is 24.3 Å². The lowest BCUT2D eigenvalue weighted by atomic mass is 9.90. The van der Waals surface area contributed by atoms with Crippen molar-refractivity contribution >= 4 is 11.7 Å². The molecule has 0 radical (unpaired) electrons. The van der Waals surface area contributed by atoms with Crippen molar-refractivity contribution in [1.82, 2.24) is 10.3 Å². The first-order valence-corrected chi connectivity index (χ1v) is 7.38. The van der Waals surface area contributed by atoms with Gasteiger partial charge in [-0.2, -0.15) is 0 Å². The van der Waals surface area contributed by atoms with E-state index in [0.29, 0.717) is 12.1 Å². The first kappa shape index (κ1) is 16.5. The zero-order valence-electron chi connectivity index (χ0n) is 13.3. The van der Waals surface area contributed by atoms with Crippen LogP contribution in [0, 0.1) is 12.3 Å². The Hall–Kier alpha value is -1.58. The molecule has 0 aromatic carbocycles. The molecule has 0 spiro atoms. The predicted octanol–water partition coefficient (Wildman–Crippen LogP) is 3.38. The van der Waals surface area contributed by atoms with Gasteiger partial charge in [-0.15, -0.1) is 0 Å². The molecule has 1 amide bonds. The van der Waals surface area contributed by atoms with Gasteiger partial charge in [-0.3, -0.25) is 4.79 Å². The Morgan fingerprint density at radius 2 is 2.00 bits per heavy atom. The molecule has 4 nitrogen and oxygen atoms in total. The Morgan fingerprint density at radius 3 is 2.60 bits per heavy atom. The van der Waals surface area contributed by atoms with Crippen LogP contribution in [-0.2, 0) is 0 Å². The van der Waals surface area contributed by atoms with E-state index in [4.69, 9.17) is 0 Å². The number of hydrogen-bond acceptors (Lipinski definition) is 3. The first-order valence-electron chi connectivity index (χ1n) is 7.38. The van der Waals surface area contributed by atoms with Crippen LogP contribution >= 0.6 is 0 Å². The summed E-state index contributed by atoms with van der Waals surface area (Å²) in [5, 5.41) is 6.23.